The standard InChI is InChI=1S/C8H17NO/c1-4-8(9(2)3)6-5-7-10/h7-8H,4-6H2,1-3H3. The van der Waals surface area contributed by atoms with E-state index >= 15 is 0 Å². The lowest BCUT2D eigenvalue weighted by Crippen LogP contribution is -2.26. The van der Waals surface area contributed by atoms with Gasteiger partial charge in [0, 0.05) is 12.5 Å². The van der Waals surface area contributed by atoms with Crippen LogP contribution in [0.2, 0.25) is 0 Å². The van der Waals surface area contributed by atoms with E-state index < -0.39 is 0 Å². The molecule has 1 atom stereocenters. The van der Waals surface area contributed by atoms with Crippen molar-refractivity contribution in [3.05, 3.63) is 0 Å². The molecule has 1 unspecified atom stereocenters. The second-order valence-electron chi connectivity index (χ2n) is 2.77. The van der Waals surface area contributed by atoms with Crippen LogP contribution in [-0.4, -0.2) is 31.3 Å². The molecule has 0 amide bonds. The van der Waals surface area contributed by atoms with Gasteiger partial charge in [0.15, 0.2) is 0 Å². The van der Waals surface area contributed by atoms with E-state index in [-0.39, 0.29) is 0 Å². The van der Waals surface area contributed by atoms with E-state index in [0.717, 1.165) is 19.1 Å². The van der Waals surface area contributed by atoms with Gasteiger partial charge in [0.05, 0.1) is 0 Å². The quantitative estimate of drug-likeness (QED) is 0.541. The maximum absolute atomic E-state index is 10.0. The summed E-state index contributed by atoms with van der Waals surface area (Å²) in [4.78, 5) is 12.2. The molecule has 0 heterocycles. The molecule has 0 N–H and O–H groups in total. The Balaban J connectivity index is 3.49. The van der Waals surface area contributed by atoms with Gasteiger partial charge < -0.3 is 9.69 Å². The summed E-state index contributed by atoms with van der Waals surface area (Å²) in [6, 6.07) is 0.574. The van der Waals surface area contributed by atoms with Gasteiger partial charge in [-0.05, 0) is 26.9 Å². The molecular weight excluding hydrogens is 126 g/mol. The van der Waals surface area contributed by atoms with Crippen molar-refractivity contribution in [3.8, 4) is 0 Å². The Morgan fingerprint density at radius 2 is 2.10 bits per heavy atom. The second-order valence-corrected chi connectivity index (χ2v) is 2.77. The Hall–Kier alpha value is -0.370. The maximum atomic E-state index is 10.0. The third-order valence-electron chi connectivity index (χ3n) is 1.82. The first-order chi connectivity index (χ1) is 4.72. The number of nitrogens with zero attached hydrogens (tertiary/aromatic N) is 1. The highest BCUT2D eigenvalue weighted by Gasteiger charge is 2.06. The van der Waals surface area contributed by atoms with Crippen LogP contribution in [0, 0.1) is 0 Å². The van der Waals surface area contributed by atoms with Crippen LogP contribution in [0.1, 0.15) is 26.2 Å². The van der Waals surface area contributed by atoms with Gasteiger partial charge in [0.1, 0.15) is 6.29 Å². The fourth-order valence-electron chi connectivity index (χ4n) is 1.09. The van der Waals surface area contributed by atoms with Crippen LogP contribution in [0.5, 0.6) is 0 Å². The Morgan fingerprint density at radius 1 is 1.50 bits per heavy atom. The molecule has 2 heteroatoms. The molecule has 0 aromatic carbocycles. The summed E-state index contributed by atoms with van der Waals surface area (Å²) < 4.78 is 0. The van der Waals surface area contributed by atoms with Crippen LogP contribution in [0.4, 0.5) is 0 Å². The summed E-state index contributed by atoms with van der Waals surface area (Å²) in [5.74, 6) is 0. The van der Waals surface area contributed by atoms with E-state index in [2.05, 4.69) is 25.9 Å². The van der Waals surface area contributed by atoms with Crippen LogP contribution in [0.15, 0.2) is 0 Å². The largest absolute Gasteiger partial charge is 0.306 e. The molecule has 0 aliphatic carbocycles. The summed E-state index contributed by atoms with van der Waals surface area (Å²) in [7, 11) is 4.11. The number of hydrogen-bond donors (Lipinski definition) is 0. The molecule has 0 spiro atoms. The van der Waals surface area contributed by atoms with Crippen molar-refractivity contribution in [3.63, 3.8) is 0 Å². The first kappa shape index (κ1) is 9.63. The van der Waals surface area contributed by atoms with Gasteiger partial charge in [-0.1, -0.05) is 6.92 Å². The number of aldehydes is 1. The predicted octanol–water partition coefficient (Wildman–Crippen LogP) is 1.31. The molecular formula is C8H17NO. The van der Waals surface area contributed by atoms with Gasteiger partial charge in [-0.15, -0.1) is 0 Å². The van der Waals surface area contributed by atoms with E-state index in [1.54, 1.807) is 0 Å². The SMILES string of the molecule is CCC(CCC=O)N(C)C. The molecule has 0 saturated carbocycles. The highest BCUT2D eigenvalue weighted by Crippen LogP contribution is 2.05. The Morgan fingerprint density at radius 3 is 2.40 bits per heavy atom. The molecule has 60 valence electrons. The second kappa shape index (κ2) is 5.42. The van der Waals surface area contributed by atoms with Gasteiger partial charge in [-0.3, -0.25) is 0 Å². The van der Waals surface area contributed by atoms with Gasteiger partial charge in [-0.25, -0.2) is 0 Å². The molecule has 0 bridgehead atoms. The number of rotatable bonds is 5. The van der Waals surface area contributed by atoms with Crippen LogP contribution in [-0.2, 0) is 4.79 Å². The highest BCUT2D eigenvalue weighted by molar-refractivity contribution is 5.49. The van der Waals surface area contributed by atoms with Gasteiger partial charge in [0.25, 0.3) is 0 Å². The van der Waals surface area contributed by atoms with Gasteiger partial charge in [0.2, 0.25) is 0 Å². The van der Waals surface area contributed by atoms with Crippen LogP contribution >= 0.6 is 0 Å². The normalized spacial score (nSPS) is 13.6. The summed E-state index contributed by atoms with van der Waals surface area (Å²) in [6.45, 7) is 2.15. The van der Waals surface area contributed by atoms with Crippen molar-refractivity contribution in [2.75, 3.05) is 14.1 Å². The zero-order chi connectivity index (χ0) is 7.98. The molecule has 0 radical (unpaired) electrons. The molecule has 0 rings (SSSR count). The van der Waals surface area contributed by atoms with Crippen LogP contribution < -0.4 is 0 Å². The number of carbonyl (C=O) groups excluding carboxylic acids is 1. The summed E-state index contributed by atoms with van der Waals surface area (Å²) >= 11 is 0. The van der Waals surface area contributed by atoms with E-state index in [1.165, 1.54) is 0 Å². The zero-order valence-corrected chi connectivity index (χ0v) is 7.13. The lowest BCUT2D eigenvalue weighted by atomic mass is 10.1. The maximum Gasteiger partial charge on any atom is 0.120 e. The smallest absolute Gasteiger partial charge is 0.120 e. The zero-order valence-electron chi connectivity index (χ0n) is 7.13. The minimum atomic E-state index is 0.574. The van der Waals surface area contributed by atoms with Crippen molar-refractivity contribution in [2.45, 2.75) is 32.2 Å². The fourth-order valence-corrected chi connectivity index (χ4v) is 1.09. The average Bonchev–Trinajstić information content (AvgIpc) is 1.89. The molecule has 10 heavy (non-hydrogen) atoms. The van der Waals surface area contributed by atoms with E-state index in [9.17, 15) is 4.79 Å². The van der Waals surface area contributed by atoms with Crippen molar-refractivity contribution in [1.29, 1.82) is 0 Å². The van der Waals surface area contributed by atoms with Crippen molar-refractivity contribution >= 4 is 6.29 Å². The van der Waals surface area contributed by atoms with Gasteiger partial charge >= 0.3 is 0 Å². The first-order valence-corrected chi connectivity index (χ1v) is 3.82. The van der Waals surface area contributed by atoms with Gasteiger partial charge in [-0.2, -0.15) is 0 Å². The summed E-state index contributed by atoms with van der Waals surface area (Å²) in [6.07, 6.45) is 3.80. The third kappa shape index (κ3) is 3.62. The first-order valence-electron chi connectivity index (χ1n) is 3.82. The minimum absolute atomic E-state index is 0.574. The summed E-state index contributed by atoms with van der Waals surface area (Å²) in [5.41, 5.74) is 0. The number of carbonyl (C=O) groups is 1. The lowest BCUT2D eigenvalue weighted by molar-refractivity contribution is -0.108. The summed E-state index contributed by atoms with van der Waals surface area (Å²) in [5, 5.41) is 0. The van der Waals surface area contributed by atoms with E-state index in [0.29, 0.717) is 12.5 Å². The molecule has 0 aromatic heterocycles. The van der Waals surface area contributed by atoms with E-state index in [1.807, 2.05) is 0 Å². The Bertz CT molecular complexity index is 91.3. The fraction of sp³-hybridized carbons (Fsp3) is 0.875. The lowest BCUT2D eigenvalue weighted by Gasteiger charge is -2.21. The predicted molar refractivity (Wildman–Crippen MR) is 43.1 cm³/mol. The molecule has 0 fully saturated rings. The number of hydrogen-bond acceptors (Lipinski definition) is 2. The topological polar surface area (TPSA) is 20.3 Å². The Labute approximate surface area is 63.2 Å². The molecule has 0 aliphatic heterocycles. The molecule has 0 aromatic rings. The molecule has 0 saturated heterocycles. The highest BCUT2D eigenvalue weighted by atomic mass is 16.1. The monoisotopic (exact) mass is 143 g/mol. The van der Waals surface area contributed by atoms with Crippen LogP contribution in [0.3, 0.4) is 0 Å². The molecule has 2 nitrogen and oxygen atoms in total. The third-order valence-corrected chi connectivity index (χ3v) is 1.82. The minimum Gasteiger partial charge on any atom is -0.306 e. The molecule has 0 aliphatic rings. The van der Waals surface area contributed by atoms with E-state index in [4.69, 9.17) is 0 Å². The average molecular weight is 143 g/mol. The van der Waals surface area contributed by atoms with Crippen LogP contribution in [0.25, 0.3) is 0 Å². The van der Waals surface area contributed by atoms with Crippen molar-refractivity contribution in [2.24, 2.45) is 0 Å². The Kier molecular flexibility index (Phi) is 5.22. The van der Waals surface area contributed by atoms with Crippen molar-refractivity contribution in [1.82, 2.24) is 4.90 Å². The van der Waals surface area contributed by atoms with Crippen molar-refractivity contribution < 1.29 is 4.79 Å².